The molecular weight excluding hydrogens is 250 g/mol. The van der Waals surface area contributed by atoms with E-state index in [0.29, 0.717) is 6.54 Å². The number of halogens is 1. The summed E-state index contributed by atoms with van der Waals surface area (Å²) in [6.45, 7) is 0.553. The van der Waals surface area contributed by atoms with Gasteiger partial charge in [-0.2, -0.15) is 0 Å². The van der Waals surface area contributed by atoms with Crippen molar-refractivity contribution in [3.8, 4) is 0 Å². The van der Waals surface area contributed by atoms with Crippen LogP contribution in [0.5, 0.6) is 0 Å². The molecule has 0 aromatic heterocycles. The number of aliphatic imine (C=N–C) groups is 1. The molecule has 18 heavy (non-hydrogen) atoms. The summed E-state index contributed by atoms with van der Waals surface area (Å²) < 4.78 is 0. The van der Waals surface area contributed by atoms with Crippen LogP contribution in [0, 0.1) is 0 Å². The van der Waals surface area contributed by atoms with Crippen LogP contribution in [0.15, 0.2) is 47.5 Å². The zero-order valence-corrected chi connectivity index (χ0v) is 10.7. The molecule has 0 heterocycles. The summed E-state index contributed by atoms with van der Waals surface area (Å²) in [5, 5.41) is 10.9. The Balaban J connectivity index is 0.00000162. The first-order chi connectivity index (χ1) is 8.29. The summed E-state index contributed by atoms with van der Waals surface area (Å²) in [7, 11) is 0. The predicted octanol–water partition coefficient (Wildman–Crippen LogP) is 2.10. The second-order valence-electron chi connectivity index (χ2n) is 3.81. The molecule has 0 atom stereocenters. The molecule has 0 saturated heterocycles. The Bertz CT molecular complexity index is 543. The first kappa shape index (κ1) is 14.3. The summed E-state index contributed by atoms with van der Waals surface area (Å²) >= 11 is 0. The van der Waals surface area contributed by atoms with E-state index in [4.69, 9.17) is 10.9 Å². The van der Waals surface area contributed by atoms with Gasteiger partial charge < -0.3 is 5.73 Å². The van der Waals surface area contributed by atoms with E-state index in [1.54, 1.807) is 0 Å². The number of rotatable bonds is 3. The number of guanidine groups is 1. The largest absolute Gasteiger partial charge is 0.368 e. The molecule has 0 radical (unpaired) electrons. The number of nitrogens with one attached hydrogen (secondary N) is 1. The van der Waals surface area contributed by atoms with Crippen LogP contribution in [0.4, 0.5) is 0 Å². The fraction of sp³-hybridized carbons (Fsp3) is 0.154. The molecule has 4 nitrogen and oxygen atoms in total. The molecule has 96 valence electrons. The summed E-state index contributed by atoms with van der Waals surface area (Å²) in [4.78, 5) is 3.95. The summed E-state index contributed by atoms with van der Waals surface area (Å²) in [6.07, 6.45) is 0.799. The van der Waals surface area contributed by atoms with Crippen LogP contribution in [0.25, 0.3) is 10.8 Å². The van der Waals surface area contributed by atoms with Gasteiger partial charge >= 0.3 is 0 Å². The van der Waals surface area contributed by atoms with Gasteiger partial charge in [0.15, 0.2) is 0 Å². The maximum atomic E-state index is 8.47. The van der Waals surface area contributed by atoms with Crippen molar-refractivity contribution < 1.29 is 5.21 Å². The Hall–Kier alpha value is -1.78. The molecule has 0 bridgehead atoms. The normalized spacial score (nSPS) is 11.1. The molecule has 2 rings (SSSR count). The Morgan fingerprint density at radius 1 is 1.17 bits per heavy atom. The maximum Gasteiger partial charge on any atom is 0.212 e. The lowest BCUT2D eigenvalue weighted by atomic mass is 10.1. The van der Waals surface area contributed by atoms with Crippen molar-refractivity contribution in [3.05, 3.63) is 48.0 Å². The van der Waals surface area contributed by atoms with E-state index in [0.717, 1.165) is 6.42 Å². The molecule has 0 aliphatic heterocycles. The number of fused-ring (bicyclic) bond motifs is 1. The molecule has 4 N–H and O–H groups in total. The van der Waals surface area contributed by atoms with Gasteiger partial charge in [-0.15, -0.1) is 12.4 Å². The van der Waals surface area contributed by atoms with Gasteiger partial charge in [0.2, 0.25) is 5.96 Å². The second-order valence-corrected chi connectivity index (χ2v) is 3.81. The van der Waals surface area contributed by atoms with Crippen molar-refractivity contribution in [3.63, 3.8) is 0 Å². The highest BCUT2D eigenvalue weighted by atomic mass is 35.5. The van der Waals surface area contributed by atoms with E-state index in [1.165, 1.54) is 16.3 Å². The van der Waals surface area contributed by atoms with Gasteiger partial charge in [0.1, 0.15) is 0 Å². The van der Waals surface area contributed by atoms with Crippen molar-refractivity contribution >= 4 is 29.1 Å². The highest BCUT2D eigenvalue weighted by molar-refractivity contribution is 5.85. The summed E-state index contributed by atoms with van der Waals surface area (Å²) in [5.41, 5.74) is 8.33. The number of hydrogen-bond acceptors (Lipinski definition) is 2. The molecule has 2 aromatic rings. The third-order valence-electron chi connectivity index (χ3n) is 2.61. The van der Waals surface area contributed by atoms with Crippen molar-refractivity contribution in [2.75, 3.05) is 6.54 Å². The Labute approximate surface area is 112 Å². The Morgan fingerprint density at radius 2 is 1.89 bits per heavy atom. The fourth-order valence-corrected chi connectivity index (χ4v) is 1.74. The highest BCUT2D eigenvalue weighted by Gasteiger charge is 1.96. The van der Waals surface area contributed by atoms with Crippen LogP contribution in [-0.4, -0.2) is 17.7 Å². The zero-order chi connectivity index (χ0) is 12.1. The zero-order valence-electron chi connectivity index (χ0n) is 9.84. The van der Waals surface area contributed by atoms with E-state index in [9.17, 15) is 0 Å². The van der Waals surface area contributed by atoms with Crippen molar-refractivity contribution in [2.24, 2.45) is 10.7 Å². The van der Waals surface area contributed by atoms with Gasteiger partial charge in [0.05, 0.1) is 0 Å². The fourth-order valence-electron chi connectivity index (χ4n) is 1.74. The first-order valence-electron chi connectivity index (χ1n) is 5.47. The van der Waals surface area contributed by atoms with Gasteiger partial charge in [0, 0.05) is 6.54 Å². The topological polar surface area (TPSA) is 70.6 Å². The molecule has 0 aliphatic carbocycles. The highest BCUT2D eigenvalue weighted by Crippen LogP contribution is 2.15. The minimum atomic E-state index is 0. The molecule has 2 aromatic carbocycles. The number of hydrogen-bond donors (Lipinski definition) is 3. The van der Waals surface area contributed by atoms with E-state index < -0.39 is 0 Å². The van der Waals surface area contributed by atoms with Crippen LogP contribution in [0.3, 0.4) is 0 Å². The SMILES string of the molecule is Cl.NC(=NCCc1ccc2ccccc2c1)NO. The van der Waals surface area contributed by atoms with E-state index in [1.807, 2.05) is 17.6 Å². The second kappa shape index (κ2) is 6.83. The number of hydroxylamine groups is 1. The van der Waals surface area contributed by atoms with E-state index in [-0.39, 0.29) is 18.4 Å². The van der Waals surface area contributed by atoms with Crippen LogP contribution >= 0.6 is 12.4 Å². The third-order valence-corrected chi connectivity index (χ3v) is 2.61. The number of nitrogens with two attached hydrogens (primary N) is 1. The first-order valence-corrected chi connectivity index (χ1v) is 5.47. The lowest BCUT2D eigenvalue weighted by Crippen LogP contribution is -2.28. The third kappa shape index (κ3) is 3.61. The number of benzene rings is 2. The van der Waals surface area contributed by atoms with Crippen LogP contribution < -0.4 is 11.2 Å². The molecule has 5 heteroatoms. The minimum Gasteiger partial charge on any atom is -0.368 e. The molecule has 0 fully saturated rings. The molecule has 0 aliphatic rings. The maximum absolute atomic E-state index is 8.47. The lowest BCUT2D eigenvalue weighted by Gasteiger charge is -2.02. The molecule has 0 spiro atoms. The van der Waals surface area contributed by atoms with Crippen molar-refractivity contribution in [1.82, 2.24) is 5.48 Å². The van der Waals surface area contributed by atoms with Gasteiger partial charge in [-0.05, 0) is 22.8 Å². The monoisotopic (exact) mass is 265 g/mol. The van der Waals surface area contributed by atoms with E-state index in [2.05, 4.69) is 35.3 Å². The molecular formula is C13H16ClN3O. The molecule has 0 saturated carbocycles. The minimum absolute atomic E-state index is 0. The number of nitrogens with zero attached hydrogens (tertiary/aromatic N) is 1. The van der Waals surface area contributed by atoms with Gasteiger partial charge in [0.25, 0.3) is 0 Å². The molecule has 0 unspecified atom stereocenters. The average Bonchev–Trinajstić information content (AvgIpc) is 2.38. The quantitative estimate of drug-likeness (QED) is 0.452. The summed E-state index contributed by atoms with van der Waals surface area (Å²) in [5.74, 6) is 0.0470. The molecule has 0 amide bonds. The van der Waals surface area contributed by atoms with Crippen LogP contribution in [-0.2, 0) is 6.42 Å². The van der Waals surface area contributed by atoms with Gasteiger partial charge in [-0.1, -0.05) is 42.5 Å². The van der Waals surface area contributed by atoms with Gasteiger partial charge in [-0.3, -0.25) is 10.2 Å². The van der Waals surface area contributed by atoms with Gasteiger partial charge in [-0.25, -0.2) is 5.48 Å². The Kier molecular flexibility index (Phi) is 5.42. The average molecular weight is 266 g/mol. The van der Waals surface area contributed by atoms with Crippen LogP contribution in [0.2, 0.25) is 0 Å². The van der Waals surface area contributed by atoms with E-state index >= 15 is 0 Å². The van der Waals surface area contributed by atoms with Crippen LogP contribution in [0.1, 0.15) is 5.56 Å². The van der Waals surface area contributed by atoms with Crippen molar-refractivity contribution in [1.29, 1.82) is 0 Å². The smallest absolute Gasteiger partial charge is 0.212 e. The standard InChI is InChI=1S/C13H15N3O.ClH/c14-13(16-17)15-8-7-10-5-6-11-3-1-2-4-12(11)9-10;/h1-6,9,17H,7-8H2,(H3,14,15,16);1H. The van der Waals surface area contributed by atoms with Crippen molar-refractivity contribution in [2.45, 2.75) is 6.42 Å². The Morgan fingerprint density at radius 3 is 2.61 bits per heavy atom. The predicted molar refractivity (Wildman–Crippen MR) is 76.3 cm³/mol. The summed E-state index contributed by atoms with van der Waals surface area (Å²) in [6, 6.07) is 14.6. The lowest BCUT2D eigenvalue weighted by molar-refractivity contribution is 0.232.